The van der Waals surface area contributed by atoms with Crippen LogP contribution in [0.2, 0.25) is 0 Å². The Bertz CT molecular complexity index is 1520. The van der Waals surface area contributed by atoms with Crippen LogP contribution in [0.1, 0.15) is 72.5 Å². The molecule has 39 heavy (non-hydrogen) atoms. The van der Waals surface area contributed by atoms with Crippen molar-refractivity contribution in [1.29, 1.82) is 0 Å². The first kappa shape index (κ1) is 27.8. The molecule has 0 aliphatic carbocycles. The third-order valence-corrected chi connectivity index (χ3v) is 7.11. The summed E-state index contributed by atoms with van der Waals surface area (Å²) in [5.41, 5.74) is 4.11. The van der Waals surface area contributed by atoms with Crippen molar-refractivity contribution in [2.24, 2.45) is 0 Å². The maximum atomic E-state index is 13.8. The van der Waals surface area contributed by atoms with Gasteiger partial charge in [-0.2, -0.15) is 0 Å². The van der Waals surface area contributed by atoms with E-state index in [4.69, 9.17) is 0 Å². The summed E-state index contributed by atoms with van der Waals surface area (Å²) in [7, 11) is 0. The van der Waals surface area contributed by atoms with Gasteiger partial charge in [-0.15, -0.1) is 0 Å². The zero-order valence-electron chi connectivity index (χ0n) is 22.8. The Morgan fingerprint density at radius 1 is 0.923 bits per heavy atom. The van der Waals surface area contributed by atoms with Crippen LogP contribution in [-0.2, 0) is 16.0 Å². The standard InChI is InChI=1S/C33H36N2O4/c1-4-5-10-30(32(38)34-29(20-31(36)37)26-14-11-22(2)12-15-26)35-21-23(3)17-28(33(35)39)19-24-13-16-25-8-6-7-9-27(25)18-24/h6-9,11-18,21,29-30H,4-5,10,19-20H2,1-3H3,(H,34,38)(H,36,37)/t29-,30?/m0/s1. The number of aryl methyl sites for hydroxylation is 2. The molecule has 0 saturated heterocycles. The van der Waals surface area contributed by atoms with Crippen LogP contribution in [0, 0.1) is 13.8 Å². The van der Waals surface area contributed by atoms with E-state index in [2.05, 4.69) is 29.6 Å². The number of benzene rings is 3. The van der Waals surface area contributed by atoms with Gasteiger partial charge in [0.05, 0.1) is 12.5 Å². The van der Waals surface area contributed by atoms with Gasteiger partial charge in [-0.25, -0.2) is 0 Å². The molecule has 0 bridgehead atoms. The molecule has 3 aromatic carbocycles. The van der Waals surface area contributed by atoms with E-state index in [1.54, 1.807) is 10.8 Å². The number of pyridine rings is 1. The van der Waals surface area contributed by atoms with Crippen molar-refractivity contribution in [1.82, 2.24) is 9.88 Å². The number of hydrogen-bond acceptors (Lipinski definition) is 3. The van der Waals surface area contributed by atoms with Crippen LogP contribution < -0.4 is 10.9 Å². The second-order valence-electron chi connectivity index (χ2n) is 10.3. The molecule has 0 fully saturated rings. The lowest BCUT2D eigenvalue weighted by molar-refractivity contribution is -0.137. The Hall–Kier alpha value is -4.19. The molecule has 2 atom stereocenters. The second-order valence-corrected chi connectivity index (χ2v) is 10.3. The fraction of sp³-hybridized carbons (Fsp3) is 0.303. The number of carboxylic acids is 1. The Kier molecular flexibility index (Phi) is 8.97. The van der Waals surface area contributed by atoms with Crippen molar-refractivity contribution in [3.8, 4) is 0 Å². The average Bonchev–Trinajstić information content (AvgIpc) is 2.91. The van der Waals surface area contributed by atoms with Crippen molar-refractivity contribution < 1.29 is 14.7 Å². The summed E-state index contributed by atoms with van der Waals surface area (Å²) in [4.78, 5) is 39.1. The molecule has 6 nitrogen and oxygen atoms in total. The topological polar surface area (TPSA) is 88.4 Å². The summed E-state index contributed by atoms with van der Waals surface area (Å²) in [6.45, 7) is 5.92. The number of amides is 1. The van der Waals surface area contributed by atoms with Gasteiger partial charge in [-0.1, -0.05) is 92.1 Å². The molecule has 0 aliphatic rings. The molecule has 4 rings (SSSR count). The molecule has 1 heterocycles. The average molecular weight is 525 g/mol. The van der Waals surface area contributed by atoms with Crippen molar-refractivity contribution >= 4 is 22.6 Å². The Morgan fingerprint density at radius 2 is 1.64 bits per heavy atom. The van der Waals surface area contributed by atoms with E-state index in [0.717, 1.165) is 45.9 Å². The molecule has 202 valence electrons. The minimum atomic E-state index is -1.00. The first-order valence-electron chi connectivity index (χ1n) is 13.5. The number of unbranched alkanes of at least 4 members (excludes halogenated alkanes) is 1. The SMILES string of the molecule is CCCCC(C(=O)N[C@@H](CC(=O)O)c1ccc(C)cc1)n1cc(C)cc(Cc2ccc3ccccc3c2)c1=O. The van der Waals surface area contributed by atoms with Crippen molar-refractivity contribution in [3.63, 3.8) is 0 Å². The summed E-state index contributed by atoms with van der Waals surface area (Å²) in [5.74, 6) is -1.35. The maximum absolute atomic E-state index is 13.8. The third kappa shape index (κ3) is 7.02. The largest absolute Gasteiger partial charge is 0.481 e. The lowest BCUT2D eigenvalue weighted by Gasteiger charge is -2.24. The highest BCUT2D eigenvalue weighted by molar-refractivity contribution is 5.83. The van der Waals surface area contributed by atoms with Gasteiger partial charge in [-0.3, -0.25) is 14.4 Å². The highest BCUT2D eigenvalue weighted by atomic mass is 16.4. The number of nitrogens with zero attached hydrogens (tertiary/aromatic N) is 1. The van der Waals surface area contributed by atoms with Crippen LogP contribution in [0.5, 0.6) is 0 Å². The first-order valence-corrected chi connectivity index (χ1v) is 13.5. The maximum Gasteiger partial charge on any atom is 0.305 e. The van der Waals surface area contributed by atoms with Crippen LogP contribution in [0.4, 0.5) is 0 Å². The second kappa shape index (κ2) is 12.6. The predicted molar refractivity (Wildman–Crippen MR) is 155 cm³/mol. The van der Waals surface area contributed by atoms with Gasteiger partial charge in [0.15, 0.2) is 0 Å². The van der Waals surface area contributed by atoms with Gasteiger partial charge in [0.1, 0.15) is 6.04 Å². The van der Waals surface area contributed by atoms with Crippen LogP contribution in [0.25, 0.3) is 10.8 Å². The number of nitrogens with one attached hydrogen (secondary N) is 1. The van der Waals surface area contributed by atoms with Crippen molar-refractivity contribution in [2.45, 2.75) is 65.0 Å². The van der Waals surface area contributed by atoms with Crippen molar-refractivity contribution in [2.75, 3.05) is 0 Å². The number of aromatic nitrogens is 1. The molecule has 6 heteroatoms. The summed E-state index contributed by atoms with van der Waals surface area (Å²) in [5, 5.41) is 14.7. The predicted octanol–water partition coefficient (Wildman–Crippen LogP) is 6.27. The number of carboxylic acid groups (broad SMARTS) is 1. The molecular formula is C33H36N2O4. The number of hydrogen-bond donors (Lipinski definition) is 2. The van der Waals surface area contributed by atoms with Crippen LogP contribution in [0.15, 0.2) is 83.8 Å². The normalized spacial score (nSPS) is 12.7. The monoisotopic (exact) mass is 524 g/mol. The summed E-state index contributed by atoms with van der Waals surface area (Å²) in [6, 6.07) is 22.2. The van der Waals surface area contributed by atoms with E-state index < -0.39 is 18.1 Å². The molecule has 0 aliphatic heterocycles. The zero-order chi connectivity index (χ0) is 27.9. The molecule has 4 aromatic rings. The van der Waals surface area contributed by atoms with E-state index in [1.165, 1.54) is 0 Å². The van der Waals surface area contributed by atoms with E-state index in [-0.39, 0.29) is 17.9 Å². The third-order valence-electron chi connectivity index (χ3n) is 7.11. The lowest BCUT2D eigenvalue weighted by atomic mass is 9.99. The fourth-order valence-corrected chi connectivity index (χ4v) is 5.03. The van der Waals surface area contributed by atoms with Gasteiger partial charge in [0.25, 0.3) is 5.56 Å². The highest BCUT2D eigenvalue weighted by Gasteiger charge is 2.26. The van der Waals surface area contributed by atoms with E-state index in [0.29, 0.717) is 18.4 Å². The first-order chi connectivity index (χ1) is 18.7. The Morgan fingerprint density at radius 3 is 2.33 bits per heavy atom. The van der Waals surface area contributed by atoms with Crippen LogP contribution in [0.3, 0.4) is 0 Å². The summed E-state index contributed by atoms with van der Waals surface area (Å²) in [6.07, 6.45) is 4.06. The molecule has 1 aromatic heterocycles. The molecule has 0 spiro atoms. The number of fused-ring (bicyclic) bond motifs is 1. The number of aliphatic carboxylic acids is 1. The van der Waals surface area contributed by atoms with Gasteiger partial charge >= 0.3 is 5.97 Å². The molecule has 0 radical (unpaired) electrons. The zero-order valence-corrected chi connectivity index (χ0v) is 22.8. The molecule has 0 saturated carbocycles. The highest BCUT2D eigenvalue weighted by Crippen LogP contribution is 2.23. The minimum absolute atomic E-state index is 0.199. The van der Waals surface area contributed by atoms with E-state index in [1.807, 2.05) is 69.3 Å². The quantitative estimate of drug-likeness (QED) is 0.242. The fourth-order valence-electron chi connectivity index (χ4n) is 5.03. The molecule has 1 unspecified atom stereocenters. The summed E-state index contributed by atoms with van der Waals surface area (Å²) < 4.78 is 1.55. The number of rotatable bonds is 11. The number of carbonyl (C=O) groups excluding carboxylic acids is 1. The molecule has 1 amide bonds. The molecular weight excluding hydrogens is 488 g/mol. The van der Waals surface area contributed by atoms with Gasteiger partial charge < -0.3 is 15.0 Å². The van der Waals surface area contributed by atoms with Crippen LogP contribution in [-0.4, -0.2) is 21.6 Å². The van der Waals surface area contributed by atoms with Gasteiger partial charge in [0, 0.05) is 18.2 Å². The van der Waals surface area contributed by atoms with E-state index >= 15 is 0 Å². The Labute approximate surface area is 229 Å². The van der Waals surface area contributed by atoms with Crippen molar-refractivity contribution in [3.05, 3.63) is 117 Å². The smallest absolute Gasteiger partial charge is 0.305 e. The number of carbonyl (C=O) groups is 2. The summed E-state index contributed by atoms with van der Waals surface area (Å²) >= 11 is 0. The van der Waals surface area contributed by atoms with Crippen LogP contribution >= 0.6 is 0 Å². The van der Waals surface area contributed by atoms with E-state index in [9.17, 15) is 19.5 Å². The lowest BCUT2D eigenvalue weighted by Crippen LogP contribution is -2.40. The van der Waals surface area contributed by atoms with Gasteiger partial charge in [0.2, 0.25) is 5.91 Å². The molecule has 2 N–H and O–H groups in total. The van der Waals surface area contributed by atoms with Gasteiger partial charge in [-0.05, 0) is 53.8 Å². The minimum Gasteiger partial charge on any atom is -0.481 e. The Balaban J connectivity index is 1.66.